The summed E-state index contributed by atoms with van der Waals surface area (Å²) in [6.45, 7) is 0. The third kappa shape index (κ3) is 2.07. The molecule has 0 aliphatic rings. The molecule has 2 aromatic heterocycles. The molecule has 0 fully saturated rings. The minimum Gasteiger partial charge on any atom is -0.497 e. The number of pyridine rings is 1. The lowest BCUT2D eigenvalue weighted by atomic mass is 10.1. The van der Waals surface area contributed by atoms with E-state index in [4.69, 9.17) is 4.74 Å². The minimum absolute atomic E-state index is 0.427. The highest BCUT2D eigenvalue weighted by Gasteiger charge is 2.16. The van der Waals surface area contributed by atoms with Crippen molar-refractivity contribution in [2.75, 3.05) is 7.11 Å². The zero-order valence-corrected chi connectivity index (χ0v) is 13.5. The Morgan fingerprint density at radius 2 is 1.88 bits per heavy atom. The van der Waals surface area contributed by atoms with Crippen molar-refractivity contribution in [2.24, 2.45) is 7.05 Å². The van der Waals surface area contributed by atoms with E-state index in [-0.39, 0.29) is 0 Å². The number of aryl methyl sites for hydroxylation is 1. The van der Waals surface area contributed by atoms with E-state index < -0.39 is 0 Å². The van der Waals surface area contributed by atoms with Gasteiger partial charge in [-0.3, -0.25) is 4.79 Å². The van der Waals surface area contributed by atoms with Crippen LogP contribution in [0, 0.1) is 0 Å². The number of aromatic nitrogens is 2. The molecule has 0 aliphatic carbocycles. The molecule has 0 aliphatic heterocycles. The van der Waals surface area contributed by atoms with Gasteiger partial charge in [0, 0.05) is 28.9 Å². The molecule has 4 aromatic rings. The lowest BCUT2D eigenvalue weighted by Gasteiger charge is -2.08. The van der Waals surface area contributed by atoms with E-state index in [2.05, 4.69) is 21.7 Å². The summed E-state index contributed by atoms with van der Waals surface area (Å²) in [7, 11) is 3.66. The van der Waals surface area contributed by atoms with Crippen LogP contribution in [0.1, 0.15) is 10.5 Å². The summed E-state index contributed by atoms with van der Waals surface area (Å²) < 4.78 is 7.46. The largest absolute Gasteiger partial charge is 0.497 e. The Labute approximate surface area is 139 Å². The van der Waals surface area contributed by atoms with Crippen LogP contribution in [-0.2, 0) is 7.05 Å². The Bertz CT molecular complexity index is 1080. The second-order valence-corrected chi connectivity index (χ2v) is 5.72. The number of para-hydroxylation sites is 1. The van der Waals surface area contributed by atoms with Crippen molar-refractivity contribution in [1.82, 2.24) is 9.55 Å². The van der Waals surface area contributed by atoms with Crippen LogP contribution in [0.4, 0.5) is 0 Å². The fourth-order valence-corrected chi connectivity index (χ4v) is 3.25. The Balaban J connectivity index is 2.16. The predicted molar refractivity (Wildman–Crippen MR) is 95.6 cm³/mol. The van der Waals surface area contributed by atoms with Crippen LogP contribution < -0.4 is 4.74 Å². The number of aldehydes is 1. The lowest BCUT2D eigenvalue weighted by molar-refractivity contribution is 0.111. The highest BCUT2D eigenvalue weighted by molar-refractivity contribution is 6.12. The fourth-order valence-electron chi connectivity index (χ4n) is 3.25. The first-order chi connectivity index (χ1) is 11.7. The number of carbonyl (C=O) groups is 1. The maximum atomic E-state index is 11.4. The van der Waals surface area contributed by atoms with E-state index >= 15 is 0 Å². The normalized spacial score (nSPS) is 11.1. The number of benzene rings is 2. The summed E-state index contributed by atoms with van der Waals surface area (Å²) >= 11 is 0. The third-order valence-corrected chi connectivity index (χ3v) is 4.37. The lowest BCUT2D eigenvalue weighted by Crippen LogP contribution is -1.96. The molecule has 0 saturated carbocycles. The summed E-state index contributed by atoms with van der Waals surface area (Å²) in [5.74, 6) is 0.762. The molecule has 0 amide bonds. The van der Waals surface area contributed by atoms with Gasteiger partial charge < -0.3 is 9.30 Å². The molecular weight excluding hydrogens is 300 g/mol. The molecule has 4 heteroatoms. The van der Waals surface area contributed by atoms with Crippen LogP contribution in [0.2, 0.25) is 0 Å². The first kappa shape index (κ1) is 14.5. The van der Waals surface area contributed by atoms with Gasteiger partial charge in [-0.1, -0.05) is 30.3 Å². The predicted octanol–water partition coefficient (Wildman–Crippen LogP) is 4.21. The average molecular weight is 316 g/mol. The van der Waals surface area contributed by atoms with Gasteiger partial charge in [-0.2, -0.15) is 0 Å². The molecule has 118 valence electrons. The molecule has 2 aromatic carbocycles. The monoisotopic (exact) mass is 316 g/mol. The van der Waals surface area contributed by atoms with E-state index in [9.17, 15) is 4.79 Å². The summed E-state index contributed by atoms with van der Waals surface area (Å²) in [5.41, 5.74) is 4.26. The van der Waals surface area contributed by atoms with E-state index in [0.717, 1.165) is 45.1 Å². The molecule has 0 atom stereocenters. The number of hydrogen-bond acceptors (Lipinski definition) is 3. The van der Waals surface area contributed by atoms with Gasteiger partial charge in [0.1, 0.15) is 11.4 Å². The van der Waals surface area contributed by atoms with Crippen molar-refractivity contribution >= 4 is 28.1 Å². The molecule has 24 heavy (non-hydrogen) atoms. The van der Waals surface area contributed by atoms with Gasteiger partial charge in [-0.05, 0) is 24.3 Å². The van der Waals surface area contributed by atoms with E-state index in [1.807, 2.05) is 49.5 Å². The molecule has 2 heterocycles. The zero-order chi connectivity index (χ0) is 16.7. The van der Waals surface area contributed by atoms with Gasteiger partial charge in [0.05, 0.1) is 18.3 Å². The summed E-state index contributed by atoms with van der Waals surface area (Å²) in [6, 6.07) is 17.8. The molecule has 0 spiro atoms. The number of carbonyl (C=O) groups excluding carboxylic acids is 1. The first-order valence-corrected chi connectivity index (χ1v) is 7.70. The summed E-state index contributed by atoms with van der Waals surface area (Å²) in [6.07, 6.45) is 0.797. The maximum Gasteiger partial charge on any atom is 0.168 e. The van der Waals surface area contributed by atoms with Gasteiger partial charge >= 0.3 is 0 Å². The minimum atomic E-state index is 0.427. The van der Waals surface area contributed by atoms with Crippen molar-refractivity contribution in [2.45, 2.75) is 0 Å². The van der Waals surface area contributed by atoms with E-state index in [1.54, 1.807) is 7.11 Å². The molecule has 0 saturated heterocycles. The first-order valence-electron chi connectivity index (χ1n) is 7.70. The Morgan fingerprint density at radius 3 is 2.67 bits per heavy atom. The number of rotatable bonds is 3. The average Bonchev–Trinajstić information content (AvgIpc) is 2.94. The van der Waals surface area contributed by atoms with Crippen molar-refractivity contribution in [3.63, 3.8) is 0 Å². The van der Waals surface area contributed by atoms with Crippen LogP contribution in [0.3, 0.4) is 0 Å². The molecule has 0 radical (unpaired) electrons. The Morgan fingerprint density at radius 1 is 1.04 bits per heavy atom. The molecule has 0 N–H and O–H groups in total. The summed E-state index contributed by atoms with van der Waals surface area (Å²) in [4.78, 5) is 16.0. The number of nitrogens with zero attached hydrogens (tertiary/aromatic N) is 2. The van der Waals surface area contributed by atoms with Crippen molar-refractivity contribution < 1.29 is 9.53 Å². The number of ether oxygens (including phenoxy) is 1. The highest BCUT2D eigenvalue weighted by atomic mass is 16.5. The quantitative estimate of drug-likeness (QED) is 0.532. The topological polar surface area (TPSA) is 44.1 Å². The van der Waals surface area contributed by atoms with Gasteiger partial charge in [0.25, 0.3) is 0 Å². The van der Waals surface area contributed by atoms with Crippen LogP contribution in [0.25, 0.3) is 33.1 Å². The molecular formula is C20H16N2O2. The second kappa shape index (κ2) is 5.49. The maximum absolute atomic E-state index is 11.4. The van der Waals surface area contributed by atoms with Crippen molar-refractivity contribution in [3.8, 4) is 17.0 Å². The Hall–Kier alpha value is -3.14. The standard InChI is InChI=1S/C20H16N2O2/c1-22-18-9-4-3-8-16(18)17-11-14(12-23)21-19(20(17)22)13-6-5-7-15(10-13)24-2/h3-12H,1-2H3. The van der Waals surface area contributed by atoms with E-state index in [1.165, 1.54) is 0 Å². The number of fused-ring (bicyclic) bond motifs is 3. The van der Waals surface area contributed by atoms with Crippen LogP contribution in [0.15, 0.2) is 54.6 Å². The smallest absolute Gasteiger partial charge is 0.168 e. The number of hydrogen-bond donors (Lipinski definition) is 0. The number of methoxy groups -OCH3 is 1. The van der Waals surface area contributed by atoms with Gasteiger partial charge in [-0.25, -0.2) is 4.98 Å². The second-order valence-electron chi connectivity index (χ2n) is 5.72. The third-order valence-electron chi connectivity index (χ3n) is 4.37. The molecule has 0 unspecified atom stereocenters. The van der Waals surface area contributed by atoms with Crippen LogP contribution in [-0.4, -0.2) is 22.9 Å². The van der Waals surface area contributed by atoms with E-state index in [0.29, 0.717) is 5.69 Å². The molecule has 4 rings (SSSR count). The molecule has 4 nitrogen and oxygen atoms in total. The highest BCUT2D eigenvalue weighted by Crippen LogP contribution is 2.35. The van der Waals surface area contributed by atoms with Gasteiger partial charge in [-0.15, -0.1) is 0 Å². The van der Waals surface area contributed by atoms with Gasteiger partial charge in [0.15, 0.2) is 6.29 Å². The summed E-state index contributed by atoms with van der Waals surface area (Å²) in [5, 5.41) is 2.15. The van der Waals surface area contributed by atoms with Crippen LogP contribution >= 0.6 is 0 Å². The van der Waals surface area contributed by atoms with Crippen molar-refractivity contribution in [1.29, 1.82) is 0 Å². The molecule has 0 bridgehead atoms. The van der Waals surface area contributed by atoms with Gasteiger partial charge in [0.2, 0.25) is 0 Å². The SMILES string of the molecule is COc1cccc(-c2nc(C=O)cc3c4ccccc4n(C)c23)c1. The zero-order valence-electron chi connectivity index (χ0n) is 13.5. The fraction of sp³-hybridized carbons (Fsp3) is 0.100. The Kier molecular flexibility index (Phi) is 3.31. The van der Waals surface area contributed by atoms with Crippen LogP contribution in [0.5, 0.6) is 5.75 Å². The van der Waals surface area contributed by atoms with Crippen molar-refractivity contribution in [3.05, 3.63) is 60.3 Å².